The number of aliphatic hydroxyl groups is 1. The minimum atomic E-state index is -1.11. The molecule has 2 saturated heterocycles. The molecule has 0 aromatic heterocycles. The first kappa shape index (κ1) is 25.6. The number of rotatable bonds is 6. The van der Waals surface area contributed by atoms with Gasteiger partial charge >= 0.3 is 0 Å². The van der Waals surface area contributed by atoms with Gasteiger partial charge in [-0.1, -0.05) is 6.92 Å². The Morgan fingerprint density at radius 1 is 1.17 bits per heavy atom. The maximum Gasteiger partial charge on any atom is 0.246 e. The Balaban J connectivity index is 1.10. The summed E-state index contributed by atoms with van der Waals surface area (Å²) in [6.07, 6.45) is 4.85. The highest BCUT2D eigenvalue weighted by molar-refractivity contribution is 6.21. The highest BCUT2D eigenvalue weighted by Crippen LogP contribution is 2.47. The van der Waals surface area contributed by atoms with Gasteiger partial charge in [-0.05, 0) is 70.3 Å². The van der Waals surface area contributed by atoms with Gasteiger partial charge in [-0.25, -0.2) is 4.39 Å². The van der Waals surface area contributed by atoms with E-state index in [2.05, 4.69) is 27.8 Å². The molecule has 10 heteroatoms. The van der Waals surface area contributed by atoms with E-state index in [-0.39, 0.29) is 43.2 Å². The Morgan fingerprint density at radius 3 is 2.66 bits per heavy atom. The van der Waals surface area contributed by atoms with Crippen LogP contribution >= 0.6 is 11.6 Å². The van der Waals surface area contributed by atoms with E-state index in [1.54, 1.807) is 0 Å². The number of nitrogens with one attached hydrogen (secondary N) is 3. The van der Waals surface area contributed by atoms with Gasteiger partial charge in [0.15, 0.2) is 0 Å². The number of ether oxygens (including phenoxy) is 1. The quantitative estimate of drug-likeness (QED) is 0.401. The molecule has 4 N–H and O–H groups in total. The molecule has 0 spiro atoms. The smallest absolute Gasteiger partial charge is 0.246 e. The molecule has 7 atom stereocenters. The first-order chi connectivity index (χ1) is 16.7. The molecular weight excluding hydrogens is 475 g/mol. The van der Waals surface area contributed by atoms with E-state index in [4.69, 9.17) is 16.3 Å². The maximum atomic E-state index is 13.8. The summed E-state index contributed by atoms with van der Waals surface area (Å²) in [5.41, 5.74) is -1.11. The number of nitrogens with zero attached hydrogens (tertiary/aromatic N) is 1. The summed E-state index contributed by atoms with van der Waals surface area (Å²) >= 11 is 5.93. The van der Waals surface area contributed by atoms with Crippen molar-refractivity contribution in [2.75, 3.05) is 19.7 Å². The van der Waals surface area contributed by atoms with Crippen LogP contribution in [0.1, 0.15) is 71.1 Å². The highest BCUT2D eigenvalue weighted by atomic mass is 35.5. The lowest BCUT2D eigenvalue weighted by Crippen LogP contribution is -2.71. The third-order valence-corrected chi connectivity index (χ3v) is 9.79. The molecule has 4 saturated carbocycles. The fourth-order valence-electron chi connectivity index (χ4n) is 6.97. The second-order valence-corrected chi connectivity index (χ2v) is 12.4. The number of alkyl halides is 2. The number of aliphatic hydroxyl groups excluding tert-OH is 1. The molecule has 6 rings (SSSR count). The van der Waals surface area contributed by atoms with E-state index < -0.39 is 28.7 Å². The lowest BCUT2D eigenvalue weighted by molar-refractivity contribution is -0.140. The topological polar surface area (TPSA) is 103 Å². The molecule has 35 heavy (non-hydrogen) atoms. The fraction of sp³-hybridized carbons (Fsp3) is 0.920. The Labute approximate surface area is 212 Å². The second kappa shape index (κ2) is 10.0. The molecule has 8 nitrogen and oxygen atoms in total. The highest BCUT2D eigenvalue weighted by Gasteiger charge is 2.56. The zero-order valence-corrected chi connectivity index (χ0v) is 21.4. The third-order valence-electron chi connectivity index (χ3n) is 9.30. The molecule has 2 aliphatic heterocycles. The van der Waals surface area contributed by atoms with Crippen molar-refractivity contribution in [2.45, 2.75) is 118 Å². The Bertz CT molecular complexity index is 810. The number of fused-ring (bicyclic) bond motifs is 4. The molecule has 7 unspecified atom stereocenters. The SMILES string of the molecule is CC1CCN2CC(C(=O)NC34CCC(NC(=O)COC5CCC(Cl)C(F)C5)(CC3)C(O)C4)NC2C1. The van der Waals surface area contributed by atoms with E-state index in [1.807, 2.05) is 0 Å². The number of carbonyl (C=O) groups is 2. The number of piperidine rings is 1. The van der Waals surface area contributed by atoms with Gasteiger partial charge in [0.05, 0.1) is 29.3 Å². The van der Waals surface area contributed by atoms with E-state index in [0.717, 1.165) is 32.4 Å². The Morgan fingerprint density at radius 2 is 1.94 bits per heavy atom. The molecule has 4 aliphatic carbocycles. The maximum absolute atomic E-state index is 13.8. The summed E-state index contributed by atoms with van der Waals surface area (Å²) in [6.45, 7) is 3.88. The van der Waals surface area contributed by atoms with Gasteiger partial charge in [0, 0.05) is 18.5 Å². The molecular formula is C25H40ClFN4O4. The van der Waals surface area contributed by atoms with Crippen molar-refractivity contribution < 1.29 is 23.8 Å². The summed E-state index contributed by atoms with van der Waals surface area (Å²) in [4.78, 5) is 28.2. The van der Waals surface area contributed by atoms with Crippen molar-refractivity contribution >= 4 is 23.4 Å². The zero-order valence-electron chi connectivity index (χ0n) is 20.6. The van der Waals surface area contributed by atoms with Crippen LogP contribution in [-0.4, -0.2) is 88.6 Å². The van der Waals surface area contributed by atoms with Crippen molar-refractivity contribution in [1.29, 1.82) is 0 Å². The summed E-state index contributed by atoms with van der Waals surface area (Å²) in [5.74, 6) is 0.404. The van der Waals surface area contributed by atoms with Crippen molar-refractivity contribution in [2.24, 2.45) is 5.92 Å². The van der Waals surface area contributed by atoms with E-state index in [1.165, 1.54) is 6.42 Å². The molecule has 2 bridgehead atoms. The van der Waals surface area contributed by atoms with Crippen LogP contribution in [0.25, 0.3) is 0 Å². The van der Waals surface area contributed by atoms with Gasteiger partial charge in [-0.2, -0.15) is 0 Å². The molecule has 2 amide bonds. The van der Waals surface area contributed by atoms with Crippen molar-refractivity contribution in [3.8, 4) is 0 Å². The molecule has 6 aliphatic rings. The first-order valence-corrected chi connectivity index (χ1v) is 13.8. The van der Waals surface area contributed by atoms with E-state index in [9.17, 15) is 19.1 Å². The molecule has 0 aromatic carbocycles. The number of amides is 2. The Kier molecular flexibility index (Phi) is 7.36. The van der Waals surface area contributed by atoms with Crippen molar-refractivity contribution in [3.63, 3.8) is 0 Å². The van der Waals surface area contributed by atoms with Gasteiger partial charge < -0.3 is 20.5 Å². The molecule has 0 radical (unpaired) electrons. The predicted octanol–water partition coefficient (Wildman–Crippen LogP) is 1.58. The van der Waals surface area contributed by atoms with Crippen LogP contribution in [0.2, 0.25) is 0 Å². The number of carbonyl (C=O) groups excluding carboxylic acids is 2. The lowest BCUT2D eigenvalue weighted by atomic mass is 9.59. The summed E-state index contributed by atoms with van der Waals surface area (Å²) < 4.78 is 19.5. The van der Waals surface area contributed by atoms with Gasteiger partial charge in [-0.3, -0.25) is 19.8 Å². The van der Waals surface area contributed by atoms with Gasteiger partial charge in [0.25, 0.3) is 0 Å². The zero-order chi connectivity index (χ0) is 24.8. The lowest BCUT2D eigenvalue weighted by Gasteiger charge is -2.56. The van der Waals surface area contributed by atoms with Crippen molar-refractivity contribution in [3.05, 3.63) is 0 Å². The molecule has 6 fully saturated rings. The average molecular weight is 515 g/mol. The second-order valence-electron chi connectivity index (χ2n) is 11.8. The molecule has 2 heterocycles. The third kappa shape index (κ3) is 5.35. The van der Waals surface area contributed by atoms with E-state index >= 15 is 0 Å². The first-order valence-electron chi connectivity index (χ1n) is 13.4. The summed E-state index contributed by atoms with van der Waals surface area (Å²) in [7, 11) is 0. The largest absolute Gasteiger partial charge is 0.391 e. The van der Waals surface area contributed by atoms with Crippen LogP contribution in [0.15, 0.2) is 0 Å². The average Bonchev–Trinajstić information content (AvgIpc) is 3.24. The molecule has 0 aromatic rings. The Hall–Kier alpha value is -1.00. The normalized spacial score (nSPS) is 45.7. The van der Waals surface area contributed by atoms with Gasteiger partial charge in [-0.15, -0.1) is 11.6 Å². The number of hydrogen-bond acceptors (Lipinski definition) is 6. The van der Waals surface area contributed by atoms with Crippen LogP contribution in [-0.2, 0) is 14.3 Å². The predicted molar refractivity (Wildman–Crippen MR) is 130 cm³/mol. The minimum Gasteiger partial charge on any atom is -0.391 e. The van der Waals surface area contributed by atoms with E-state index in [0.29, 0.717) is 38.0 Å². The number of hydrogen-bond donors (Lipinski definition) is 4. The van der Waals surface area contributed by atoms with Crippen LogP contribution in [0.5, 0.6) is 0 Å². The van der Waals surface area contributed by atoms with Gasteiger partial charge in [0.2, 0.25) is 11.8 Å². The molecule has 198 valence electrons. The standard InChI is InChI=1S/C25H40ClFN4O4/c1-15-4-9-31-13-19(28-21(31)10-15)23(34)30-24-5-7-25(8-6-24,20(32)12-24)29-22(33)14-35-16-2-3-17(26)18(27)11-16/h15-21,28,32H,2-14H2,1H3,(H,29,33)(H,30,34). The minimum absolute atomic E-state index is 0.0175. The fourth-order valence-corrected chi connectivity index (χ4v) is 7.20. The van der Waals surface area contributed by atoms with Gasteiger partial charge in [0.1, 0.15) is 18.8 Å². The number of halogens is 2. The van der Waals surface area contributed by atoms with Crippen LogP contribution in [0, 0.1) is 5.92 Å². The van der Waals surface area contributed by atoms with Crippen molar-refractivity contribution in [1.82, 2.24) is 20.9 Å². The monoisotopic (exact) mass is 514 g/mol. The van der Waals surface area contributed by atoms with Crippen LogP contribution in [0.4, 0.5) is 4.39 Å². The summed E-state index contributed by atoms with van der Waals surface area (Å²) in [6, 6.07) is -0.222. The van der Waals surface area contributed by atoms with Crippen LogP contribution in [0.3, 0.4) is 0 Å². The van der Waals surface area contributed by atoms with Crippen LogP contribution < -0.4 is 16.0 Å². The summed E-state index contributed by atoms with van der Waals surface area (Å²) in [5, 5.41) is 20.4.